The van der Waals surface area contributed by atoms with Gasteiger partial charge in [-0.1, -0.05) is 5.16 Å². The molecule has 14 heavy (non-hydrogen) atoms. The second-order valence-corrected chi connectivity index (χ2v) is 3.57. The Morgan fingerprint density at radius 1 is 1.79 bits per heavy atom. The summed E-state index contributed by atoms with van der Waals surface area (Å²) in [6.07, 6.45) is 3.46. The van der Waals surface area contributed by atoms with Crippen molar-refractivity contribution in [2.75, 3.05) is 12.4 Å². The summed E-state index contributed by atoms with van der Waals surface area (Å²) in [5, 5.41) is 3.85. The monoisotopic (exact) mass is 214 g/mol. The Morgan fingerprint density at radius 2 is 2.64 bits per heavy atom. The van der Waals surface area contributed by atoms with Crippen molar-refractivity contribution in [1.29, 1.82) is 0 Å². The number of hydrogen-bond acceptors (Lipinski definition) is 3. The molecule has 2 rings (SSSR count). The molecule has 1 aromatic heterocycles. The summed E-state index contributed by atoms with van der Waals surface area (Å²) < 4.78 is 4.77. The van der Waals surface area contributed by atoms with Crippen molar-refractivity contribution in [2.45, 2.75) is 18.9 Å². The van der Waals surface area contributed by atoms with Gasteiger partial charge in [-0.25, -0.2) is 0 Å². The molecule has 1 atom stereocenters. The third kappa shape index (κ3) is 1.62. The molecule has 1 aliphatic rings. The summed E-state index contributed by atoms with van der Waals surface area (Å²) in [6, 6.07) is 1.85. The molecule has 0 radical (unpaired) electrons. The van der Waals surface area contributed by atoms with Gasteiger partial charge < -0.3 is 9.42 Å². The highest BCUT2D eigenvalue weighted by Crippen LogP contribution is 2.30. The maximum absolute atomic E-state index is 11.5. The highest BCUT2D eigenvalue weighted by atomic mass is 35.5. The number of amides is 1. The van der Waals surface area contributed by atoms with E-state index in [4.69, 9.17) is 16.1 Å². The predicted octanol–water partition coefficient (Wildman–Crippen LogP) is 1.58. The molecule has 0 aliphatic carbocycles. The standard InChI is InChI=1S/C9H11ClN2O2/c10-6-9(13)12-4-1-2-8(12)7-3-5-14-11-7/h3,5,8H,1-2,4,6H2/t8-/m1/s1. The van der Waals surface area contributed by atoms with E-state index in [9.17, 15) is 4.79 Å². The number of halogens is 1. The van der Waals surface area contributed by atoms with E-state index in [0.717, 1.165) is 25.1 Å². The zero-order valence-corrected chi connectivity index (χ0v) is 8.41. The minimum atomic E-state index is -0.0304. The molecular weight excluding hydrogens is 204 g/mol. The molecule has 0 aromatic carbocycles. The molecule has 5 heteroatoms. The van der Waals surface area contributed by atoms with Crippen molar-refractivity contribution in [1.82, 2.24) is 10.1 Å². The minimum absolute atomic E-state index is 0.0304. The van der Waals surface area contributed by atoms with Gasteiger partial charge >= 0.3 is 0 Å². The molecule has 0 bridgehead atoms. The second-order valence-electron chi connectivity index (χ2n) is 3.30. The van der Waals surface area contributed by atoms with Gasteiger partial charge in [0, 0.05) is 12.6 Å². The van der Waals surface area contributed by atoms with E-state index in [0.29, 0.717) is 0 Å². The Morgan fingerprint density at radius 3 is 3.29 bits per heavy atom. The quantitative estimate of drug-likeness (QED) is 0.703. The second kappa shape index (κ2) is 4.00. The number of nitrogens with zero attached hydrogens (tertiary/aromatic N) is 2. The lowest BCUT2D eigenvalue weighted by molar-refractivity contribution is -0.129. The van der Waals surface area contributed by atoms with E-state index in [1.54, 1.807) is 11.0 Å². The summed E-state index contributed by atoms with van der Waals surface area (Å²) in [5.74, 6) is 0.00566. The van der Waals surface area contributed by atoms with Crippen LogP contribution in [0.25, 0.3) is 0 Å². The summed E-state index contributed by atoms with van der Waals surface area (Å²) >= 11 is 5.52. The molecule has 0 saturated carbocycles. The van der Waals surface area contributed by atoms with Crippen molar-refractivity contribution in [3.63, 3.8) is 0 Å². The third-order valence-electron chi connectivity index (χ3n) is 2.49. The van der Waals surface area contributed by atoms with Crippen LogP contribution in [0.15, 0.2) is 16.9 Å². The maximum atomic E-state index is 11.5. The fourth-order valence-electron chi connectivity index (χ4n) is 1.84. The molecule has 0 N–H and O–H groups in total. The van der Waals surface area contributed by atoms with Crippen molar-refractivity contribution >= 4 is 17.5 Å². The third-order valence-corrected chi connectivity index (χ3v) is 2.72. The van der Waals surface area contributed by atoms with Crippen LogP contribution in [0.2, 0.25) is 0 Å². The number of aromatic nitrogens is 1. The van der Waals surface area contributed by atoms with E-state index in [2.05, 4.69) is 5.16 Å². The number of likely N-dealkylation sites (tertiary alicyclic amines) is 1. The van der Waals surface area contributed by atoms with E-state index in [-0.39, 0.29) is 17.8 Å². The molecule has 1 aromatic rings. The van der Waals surface area contributed by atoms with Gasteiger partial charge in [0.1, 0.15) is 17.8 Å². The van der Waals surface area contributed by atoms with Crippen LogP contribution in [-0.4, -0.2) is 28.4 Å². The number of carbonyl (C=O) groups excluding carboxylic acids is 1. The number of alkyl halides is 1. The Balaban J connectivity index is 2.15. The first-order valence-electron chi connectivity index (χ1n) is 4.58. The lowest BCUT2D eigenvalue weighted by Crippen LogP contribution is -2.31. The van der Waals surface area contributed by atoms with E-state index in [1.807, 2.05) is 0 Å². The minimum Gasteiger partial charge on any atom is -0.364 e. The van der Waals surface area contributed by atoms with Crippen LogP contribution in [0.1, 0.15) is 24.6 Å². The van der Waals surface area contributed by atoms with E-state index < -0.39 is 0 Å². The first-order valence-corrected chi connectivity index (χ1v) is 5.12. The average Bonchev–Trinajstić information content (AvgIpc) is 2.85. The van der Waals surface area contributed by atoms with E-state index >= 15 is 0 Å². The van der Waals surface area contributed by atoms with Gasteiger partial charge in [-0.3, -0.25) is 4.79 Å². The molecule has 2 heterocycles. The van der Waals surface area contributed by atoms with Crippen molar-refractivity contribution in [3.05, 3.63) is 18.0 Å². The van der Waals surface area contributed by atoms with Crippen molar-refractivity contribution in [2.24, 2.45) is 0 Å². The van der Waals surface area contributed by atoms with Crippen LogP contribution < -0.4 is 0 Å². The predicted molar refractivity (Wildman–Crippen MR) is 50.9 cm³/mol. The molecule has 1 aliphatic heterocycles. The molecule has 1 fully saturated rings. The Bertz CT molecular complexity index is 313. The number of rotatable bonds is 2. The van der Waals surface area contributed by atoms with Gasteiger partial charge in [0.05, 0.1) is 6.04 Å². The maximum Gasteiger partial charge on any atom is 0.238 e. The first-order chi connectivity index (χ1) is 6.83. The van der Waals surface area contributed by atoms with Crippen LogP contribution in [0, 0.1) is 0 Å². The highest BCUT2D eigenvalue weighted by molar-refractivity contribution is 6.27. The molecule has 76 valence electrons. The molecule has 4 nitrogen and oxygen atoms in total. The normalized spacial score (nSPS) is 21.5. The largest absolute Gasteiger partial charge is 0.364 e. The van der Waals surface area contributed by atoms with Gasteiger partial charge in [0.15, 0.2) is 0 Å². The van der Waals surface area contributed by atoms with Crippen LogP contribution in [0.3, 0.4) is 0 Å². The summed E-state index contributed by atoms with van der Waals surface area (Å²) in [6.45, 7) is 0.767. The van der Waals surface area contributed by atoms with Gasteiger partial charge in [-0.05, 0) is 12.8 Å². The fourth-order valence-corrected chi connectivity index (χ4v) is 2.00. The van der Waals surface area contributed by atoms with Crippen LogP contribution in [-0.2, 0) is 4.79 Å². The molecular formula is C9H11ClN2O2. The van der Waals surface area contributed by atoms with Crippen molar-refractivity contribution in [3.8, 4) is 0 Å². The highest BCUT2D eigenvalue weighted by Gasteiger charge is 2.30. The van der Waals surface area contributed by atoms with Gasteiger partial charge in [-0.15, -0.1) is 11.6 Å². The summed E-state index contributed by atoms with van der Waals surface area (Å²) in [4.78, 5) is 13.2. The zero-order chi connectivity index (χ0) is 9.97. The molecule has 1 amide bonds. The smallest absolute Gasteiger partial charge is 0.238 e. The summed E-state index contributed by atoms with van der Waals surface area (Å²) in [5.41, 5.74) is 0.820. The fraction of sp³-hybridized carbons (Fsp3) is 0.556. The average molecular weight is 215 g/mol. The zero-order valence-electron chi connectivity index (χ0n) is 7.65. The van der Waals surface area contributed by atoms with Crippen LogP contribution in [0.5, 0.6) is 0 Å². The molecule has 1 saturated heterocycles. The topological polar surface area (TPSA) is 46.3 Å². The van der Waals surface area contributed by atoms with Gasteiger partial charge in [0.25, 0.3) is 0 Å². The first kappa shape index (κ1) is 9.52. The Kier molecular flexibility index (Phi) is 2.72. The van der Waals surface area contributed by atoms with Crippen LogP contribution in [0.4, 0.5) is 0 Å². The lowest BCUT2D eigenvalue weighted by Gasteiger charge is -2.21. The van der Waals surface area contributed by atoms with Gasteiger partial charge in [-0.2, -0.15) is 0 Å². The SMILES string of the molecule is O=C(CCl)N1CCC[C@@H]1c1ccon1. The molecule has 0 unspecified atom stereocenters. The van der Waals surface area contributed by atoms with E-state index in [1.165, 1.54) is 6.26 Å². The number of carbonyl (C=O) groups is 1. The van der Waals surface area contributed by atoms with Gasteiger partial charge in [0.2, 0.25) is 5.91 Å². The Labute approximate surface area is 86.8 Å². The van der Waals surface area contributed by atoms with Crippen molar-refractivity contribution < 1.29 is 9.32 Å². The summed E-state index contributed by atoms with van der Waals surface area (Å²) in [7, 11) is 0. The number of hydrogen-bond donors (Lipinski definition) is 0. The molecule has 0 spiro atoms. The lowest BCUT2D eigenvalue weighted by atomic mass is 10.1. The van der Waals surface area contributed by atoms with Crippen LogP contribution >= 0.6 is 11.6 Å². The Hall–Kier alpha value is -1.03.